The van der Waals surface area contributed by atoms with Crippen LogP contribution in [0.4, 0.5) is 4.79 Å². The van der Waals surface area contributed by atoms with Crippen LogP contribution >= 0.6 is 0 Å². The Bertz CT molecular complexity index is 885. The highest BCUT2D eigenvalue weighted by atomic mass is 16.5. The number of aldehydes is 1. The molecule has 2 unspecified atom stereocenters. The number of ether oxygens (including phenoxy) is 1. The number of nitrogens with two attached hydrogens (primary N) is 1. The summed E-state index contributed by atoms with van der Waals surface area (Å²) in [7, 11) is 1.01. The van der Waals surface area contributed by atoms with Crippen LogP contribution in [-0.4, -0.2) is 124 Å². The summed E-state index contributed by atoms with van der Waals surface area (Å²) in [5.41, 5.74) is 5.23. The third-order valence-electron chi connectivity index (χ3n) is 5.37. The van der Waals surface area contributed by atoms with Crippen molar-refractivity contribution in [2.24, 2.45) is 5.73 Å². The lowest BCUT2D eigenvalue weighted by Gasteiger charge is -2.30. The van der Waals surface area contributed by atoms with E-state index in [2.05, 4.69) is 16.0 Å². The number of aliphatic hydroxyl groups is 3. The Morgan fingerprint density at radius 1 is 1.03 bits per heavy atom. The molecule has 0 saturated carbocycles. The highest BCUT2D eigenvalue weighted by Crippen LogP contribution is 2.10. The van der Waals surface area contributed by atoms with Crippen LogP contribution in [0.3, 0.4) is 0 Å². The Balaban J connectivity index is 5.19. The minimum absolute atomic E-state index is 0.0412. The number of carbonyl (C=O) groups is 7. The fraction of sp³-hybridized carbons (Fsp3) is 0.682. The molecule has 6 amide bonds. The van der Waals surface area contributed by atoms with E-state index >= 15 is 0 Å². The fourth-order valence-corrected chi connectivity index (χ4v) is 3.07. The summed E-state index contributed by atoms with van der Waals surface area (Å²) in [5, 5.41) is 44.7. The van der Waals surface area contributed by atoms with Gasteiger partial charge in [-0.2, -0.15) is 0 Å². The van der Waals surface area contributed by atoms with E-state index in [-0.39, 0.29) is 19.1 Å². The summed E-state index contributed by atoms with van der Waals surface area (Å²) < 4.78 is 5.25. The average molecular weight is 564 g/mol. The molecule has 6 atom stereocenters. The molecule has 0 spiro atoms. The molecule has 0 fully saturated rings. The highest BCUT2D eigenvalue weighted by Gasteiger charge is 2.35. The quantitative estimate of drug-likeness (QED) is 0.0740. The molecular formula is C22H37N5O12. The van der Waals surface area contributed by atoms with E-state index < -0.39 is 91.7 Å². The van der Waals surface area contributed by atoms with Crippen molar-refractivity contribution in [2.75, 3.05) is 20.3 Å². The Morgan fingerprint density at radius 2 is 1.64 bits per heavy atom. The van der Waals surface area contributed by atoms with Gasteiger partial charge in [0.1, 0.15) is 49.3 Å². The molecule has 0 saturated heterocycles. The molecule has 0 rings (SSSR count). The van der Waals surface area contributed by atoms with Gasteiger partial charge in [-0.05, 0) is 19.8 Å². The number of nitrogens with zero attached hydrogens (tertiary/aromatic N) is 1. The van der Waals surface area contributed by atoms with Gasteiger partial charge in [-0.15, -0.1) is 0 Å². The summed E-state index contributed by atoms with van der Waals surface area (Å²) >= 11 is 0. The third-order valence-corrected chi connectivity index (χ3v) is 5.37. The Kier molecular flexibility index (Phi) is 16.1. The molecule has 0 aliphatic heterocycles. The lowest BCUT2D eigenvalue weighted by molar-refractivity contribution is -0.146. The van der Waals surface area contributed by atoms with Crippen LogP contribution in [0.15, 0.2) is 0 Å². The van der Waals surface area contributed by atoms with Gasteiger partial charge in [0, 0.05) is 19.9 Å². The predicted molar refractivity (Wildman–Crippen MR) is 131 cm³/mol. The van der Waals surface area contributed by atoms with Crippen molar-refractivity contribution < 1.29 is 58.7 Å². The minimum atomic E-state index is -1.89. The van der Waals surface area contributed by atoms with Crippen LogP contribution < -0.4 is 21.7 Å². The van der Waals surface area contributed by atoms with Crippen LogP contribution in [0.1, 0.15) is 39.5 Å². The molecular weight excluding hydrogens is 526 g/mol. The Morgan fingerprint density at radius 3 is 2.13 bits per heavy atom. The number of imide groups is 1. The molecule has 17 heteroatoms. The van der Waals surface area contributed by atoms with Gasteiger partial charge in [0.2, 0.25) is 29.5 Å². The number of hydrogen-bond acceptors (Lipinski definition) is 11. The van der Waals surface area contributed by atoms with Crippen LogP contribution in [0.5, 0.6) is 0 Å². The van der Waals surface area contributed by atoms with Gasteiger partial charge >= 0.3 is 6.09 Å². The Hall–Kier alpha value is -3.67. The lowest BCUT2D eigenvalue weighted by atomic mass is 10.0. The second kappa shape index (κ2) is 17.8. The van der Waals surface area contributed by atoms with Gasteiger partial charge < -0.3 is 51.6 Å². The van der Waals surface area contributed by atoms with Crippen molar-refractivity contribution in [1.29, 1.82) is 0 Å². The first-order valence-electron chi connectivity index (χ1n) is 11.9. The van der Waals surface area contributed by atoms with Crippen LogP contribution in [-0.2, 0) is 33.5 Å². The van der Waals surface area contributed by atoms with Gasteiger partial charge in [0.15, 0.2) is 0 Å². The van der Waals surface area contributed by atoms with E-state index in [1.54, 1.807) is 6.92 Å². The first-order valence-corrected chi connectivity index (χ1v) is 11.9. The van der Waals surface area contributed by atoms with Gasteiger partial charge in [-0.3, -0.25) is 28.9 Å². The largest absolute Gasteiger partial charge is 0.465 e. The monoisotopic (exact) mass is 563 g/mol. The predicted octanol–water partition coefficient (Wildman–Crippen LogP) is -4.04. The molecule has 9 N–H and O–H groups in total. The SMILES string of the molecule is CCCC(=O)N[C@@H](C=O)[C@@H](OCC(=O)NC(C)C(=O)NC(CCC(=O)N(C)C(=O)O)C(N)=O)[C@H](O)[C@H](O)CO. The summed E-state index contributed by atoms with van der Waals surface area (Å²) in [5.74, 6) is -4.25. The molecule has 0 aromatic heterocycles. The van der Waals surface area contributed by atoms with Crippen molar-refractivity contribution >= 4 is 41.9 Å². The van der Waals surface area contributed by atoms with Crippen molar-refractivity contribution in [3.63, 3.8) is 0 Å². The normalized spacial score (nSPS) is 15.4. The van der Waals surface area contributed by atoms with Crippen molar-refractivity contribution in [3.05, 3.63) is 0 Å². The molecule has 222 valence electrons. The number of hydrogen-bond donors (Lipinski definition) is 8. The Labute approximate surface area is 224 Å². The number of aliphatic hydroxyl groups excluding tert-OH is 3. The zero-order valence-corrected chi connectivity index (χ0v) is 21.9. The second-order valence-corrected chi connectivity index (χ2v) is 8.52. The standard InChI is InChI=1S/C22H37N5O12/c1-4-5-15(31)25-13(8-28)19(18(34)14(30)9-29)39-10-16(32)24-11(2)21(36)26-12(20(23)35)6-7-17(33)27(3)22(37)38/h8,11-14,18-19,29-30,34H,4-7,9-10H2,1-3H3,(H2,23,35)(H,24,32)(H,25,31)(H,26,36)(H,37,38)/t11?,12?,13-,14+,18+,19+/m0/s1. The smallest absolute Gasteiger partial charge is 0.413 e. The zero-order valence-electron chi connectivity index (χ0n) is 21.9. The fourth-order valence-electron chi connectivity index (χ4n) is 3.07. The number of nitrogens with one attached hydrogen (secondary N) is 3. The summed E-state index contributed by atoms with van der Waals surface area (Å²) in [6.07, 6.45) is -6.86. The number of amides is 6. The van der Waals surface area contributed by atoms with Crippen LogP contribution in [0.25, 0.3) is 0 Å². The maximum atomic E-state index is 12.4. The van der Waals surface area contributed by atoms with Gasteiger partial charge in [0.05, 0.1) is 6.61 Å². The molecule has 0 heterocycles. The van der Waals surface area contributed by atoms with E-state index in [0.29, 0.717) is 11.3 Å². The van der Waals surface area contributed by atoms with Gasteiger partial charge in [-0.25, -0.2) is 4.79 Å². The molecule has 0 aromatic carbocycles. The van der Waals surface area contributed by atoms with Crippen molar-refractivity contribution in [1.82, 2.24) is 20.9 Å². The van der Waals surface area contributed by atoms with Crippen LogP contribution in [0.2, 0.25) is 0 Å². The first kappa shape index (κ1) is 35.3. The maximum Gasteiger partial charge on any atom is 0.413 e. The highest BCUT2D eigenvalue weighted by molar-refractivity contribution is 5.93. The molecule has 39 heavy (non-hydrogen) atoms. The van der Waals surface area contributed by atoms with Gasteiger partial charge in [0.25, 0.3) is 0 Å². The minimum Gasteiger partial charge on any atom is -0.465 e. The molecule has 0 radical (unpaired) electrons. The van der Waals surface area contributed by atoms with E-state index in [9.17, 15) is 43.8 Å². The first-order chi connectivity index (χ1) is 18.2. The van der Waals surface area contributed by atoms with E-state index in [0.717, 1.165) is 7.05 Å². The topological polar surface area (TPSA) is 275 Å². The number of carbonyl (C=O) groups excluding carboxylic acids is 6. The number of rotatable bonds is 18. The van der Waals surface area contributed by atoms with Crippen molar-refractivity contribution in [3.8, 4) is 0 Å². The van der Waals surface area contributed by atoms with E-state index in [4.69, 9.17) is 20.7 Å². The summed E-state index contributed by atoms with van der Waals surface area (Å²) in [4.78, 5) is 82.9. The number of carboxylic acid groups (broad SMARTS) is 1. The van der Waals surface area contributed by atoms with Crippen LogP contribution in [0, 0.1) is 0 Å². The molecule has 0 aliphatic rings. The van der Waals surface area contributed by atoms with E-state index in [1.807, 2.05) is 0 Å². The lowest BCUT2D eigenvalue weighted by Crippen LogP contribution is -2.56. The molecule has 0 bridgehead atoms. The average Bonchev–Trinajstić information content (AvgIpc) is 2.88. The maximum absolute atomic E-state index is 12.4. The third kappa shape index (κ3) is 12.6. The van der Waals surface area contributed by atoms with E-state index in [1.165, 1.54) is 6.92 Å². The van der Waals surface area contributed by atoms with Gasteiger partial charge in [-0.1, -0.05) is 6.92 Å². The van der Waals surface area contributed by atoms with Crippen molar-refractivity contribution in [2.45, 2.75) is 76.0 Å². The molecule has 0 aliphatic carbocycles. The molecule has 17 nitrogen and oxygen atoms in total. The summed E-state index contributed by atoms with van der Waals surface area (Å²) in [6, 6.07) is -4.13. The number of primary amides is 1. The molecule has 0 aromatic rings. The second-order valence-electron chi connectivity index (χ2n) is 8.52. The zero-order chi connectivity index (χ0) is 30.3. The summed E-state index contributed by atoms with van der Waals surface area (Å²) in [6.45, 7) is 1.16.